The minimum absolute atomic E-state index is 0.337. The van der Waals surface area contributed by atoms with Crippen LogP contribution < -0.4 is 0 Å². The number of rotatable bonds is 2. The average Bonchev–Trinajstić information content (AvgIpc) is 2.54. The van der Waals surface area contributed by atoms with Crippen LogP contribution in [0.4, 0.5) is 0 Å². The van der Waals surface area contributed by atoms with Crippen LogP contribution in [0.15, 0.2) is 46.5 Å². The number of aryl methyl sites for hydroxylation is 1. The Morgan fingerprint density at radius 3 is 2.73 bits per heavy atom. The van der Waals surface area contributed by atoms with Crippen molar-refractivity contribution in [3.8, 4) is 0 Å². The first-order valence-electron chi connectivity index (χ1n) is 7.38. The number of benzene rings is 1. The molecule has 1 aliphatic rings. The fourth-order valence-electron chi connectivity index (χ4n) is 2.82. The molecule has 0 atom stereocenters. The van der Waals surface area contributed by atoms with Gasteiger partial charge in [-0.2, -0.15) is 0 Å². The maximum absolute atomic E-state index is 6.09. The Balaban J connectivity index is 1.74. The van der Waals surface area contributed by atoms with E-state index < -0.39 is 0 Å². The molecule has 0 amide bonds. The van der Waals surface area contributed by atoms with Gasteiger partial charge in [-0.1, -0.05) is 24.3 Å². The van der Waals surface area contributed by atoms with Crippen molar-refractivity contribution in [1.29, 1.82) is 0 Å². The zero-order valence-electron chi connectivity index (χ0n) is 11.9. The fraction of sp³-hybridized carbons (Fsp3) is 0.235. The van der Waals surface area contributed by atoms with Crippen molar-refractivity contribution >= 4 is 34.3 Å². The third kappa shape index (κ3) is 2.69. The Labute approximate surface area is 138 Å². The maximum atomic E-state index is 6.09. The minimum atomic E-state index is 0.337. The Hall–Kier alpha value is -1.65. The summed E-state index contributed by atoms with van der Waals surface area (Å²) in [6, 6.07) is 12.3. The van der Waals surface area contributed by atoms with E-state index in [-0.39, 0.29) is 0 Å². The van der Waals surface area contributed by atoms with Gasteiger partial charge in [0, 0.05) is 16.6 Å². The van der Waals surface area contributed by atoms with Gasteiger partial charge >= 0.3 is 0 Å². The maximum Gasteiger partial charge on any atom is 0.223 e. The molecule has 1 aromatic carbocycles. The number of hydrogen-bond acceptors (Lipinski definition) is 4. The number of para-hydroxylation sites is 1. The van der Waals surface area contributed by atoms with Gasteiger partial charge in [0.05, 0.1) is 5.52 Å². The van der Waals surface area contributed by atoms with Crippen LogP contribution in [0.25, 0.3) is 10.9 Å². The molecular weight excluding hydrogens is 314 g/mol. The average molecular weight is 328 g/mol. The lowest BCUT2D eigenvalue weighted by atomic mass is 9.98. The molecule has 0 bridgehead atoms. The highest BCUT2D eigenvalue weighted by Crippen LogP contribution is 2.33. The van der Waals surface area contributed by atoms with E-state index in [2.05, 4.69) is 22.1 Å². The van der Waals surface area contributed by atoms with Gasteiger partial charge in [0.15, 0.2) is 0 Å². The van der Waals surface area contributed by atoms with Crippen LogP contribution in [-0.4, -0.2) is 15.0 Å². The molecule has 110 valence electrons. The molecule has 0 fully saturated rings. The normalized spacial score (nSPS) is 14.0. The van der Waals surface area contributed by atoms with E-state index in [0.29, 0.717) is 5.28 Å². The van der Waals surface area contributed by atoms with Crippen LogP contribution in [0.5, 0.6) is 0 Å². The summed E-state index contributed by atoms with van der Waals surface area (Å²) in [5.74, 6) is 0. The topological polar surface area (TPSA) is 38.7 Å². The van der Waals surface area contributed by atoms with E-state index in [9.17, 15) is 0 Å². The first-order chi connectivity index (χ1) is 10.8. The van der Waals surface area contributed by atoms with Crippen LogP contribution in [0.1, 0.15) is 24.1 Å². The van der Waals surface area contributed by atoms with Crippen LogP contribution in [0, 0.1) is 0 Å². The van der Waals surface area contributed by atoms with E-state index in [1.165, 1.54) is 18.4 Å². The highest BCUT2D eigenvalue weighted by atomic mass is 35.5. The second kappa shape index (κ2) is 5.86. The SMILES string of the molecule is Clc1nc2c(c(Sc3ccc4ccccc4n3)n1)CCCC2. The molecule has 0 radical (unpaired) electrons. The molecule has 4 rings (SSSR count). The third-order valence-electron chi connectivity index (χ3n) is 3.89. The van der Waals surface area contributed by atoms with E-state index in [1.54, 1.807) is 11.8 Å². The van der Waals surface area contributed by atoms with Crippen molar-refractivity contribution < 1.29 is 0 Å². The smallest absolute Gasteiger partial charge is 0.223 e. The largest absolute Gasteiger partial charge is 0.241 e. The number of nitrogens with zero attached hydrogens (tertiary/aromatic N) is 3. The molecule has 0 N–H and O–H groups in total. The summed E-state index contributed by atoms with van der Waals surface area (Å²) in [4.78, 5) is 13.5. The van der Waals surface area contributed by atoms with Crippen molar-refractivity contribution in [2.75, 3.05) is 0 Å². The van der Waals surface area contributed by atoms with Gasteiger partial charge in [0.2, 0.25) is 5.28 Å². The lowest BCUT2D eigenvalue weighted by Gasteiger charge is -2.17. The van der Waals surface area contributed by atoms with Crippen LogP contribution >= 0.6 is 23.4 Å². The number of aromatic nitrogens is 3. The first-order valence-corrected chi connectivity index (χ1v) is 8.58. The predicted octanol–water partition coefficient (Wildman–Crippen LogP) is 4.71. The standard InChI is InChI=1S/C17H14ClN3S/c18-17-20-14-8-4-2-6-12(14)16(21-17)22-15-10-9-11-5-1-3-7-13(11)19-15/h1,3,5,7,9-10H,2,4,6,8H2. The zero-order chi connectivity index (χ0) is 14.9. The molecule has 2 aromatic heterocycles. The summed E-state index contributed by atoms with van der Waals surface area (Å²) < 4.78 is 0. The quantitative estimate of drug-likeness (QED) is 0.505. The van der Waals surface area contributed by atoms with Crippen LogP contribution in [-0.2, 0) is 12.8 Å². The molecule has 0 aliphatic heterocycles. The molecule has 22 heavy (non-hydrogen) atoms. The molecule has 1 aliphatic carbocycles. The van der Waals surface area contributed by atoms with Gasteiger partial charge in [-0.05, 0) is 61.2 Å². The molecule has 0 saturated carbocycles. The molecule has 0 spiro atoms. The summed E-state index contributed by atoms with van der Waals surface area (Å²) in [5, 5.41) is 3.39. The summed E-state index contributed by atoms with van der Waals surface area (Å²) in [6.07, 6.45) is 4.40. The molecule has 5 heteroatoms. The number of hydrogen-bond donors (Lipinski definition) is 0. The molecule has 0 unspecified atom stereocenters. The second-order valence-electron chi connectivity index (χ2n) is 5.37. The summed E-state index contributed by atoms with van der Waals surface area (Å²) >= 11 is 7.67. The van der Waals surface area contributed by atoms with Crippen molar-refractivity contribution in [2.24, 2.45) is 0 Å². The highest BCUT2D eigenvalue weighted by molar-refractivity contribution is 7.99. The van der Waals surface area contributed by atoms with Crippen molar-refractivity contribution in [3.05, 3.63) is 52.9 Å². The number of halogens is 1. The Bertz CT molecular complexity index is 850. The Kier molecular flexibility index (Phi) is 3.72. The van der Waals surface area contributed by atoms with Crippen molar-refractivity contribution in [1.82, 2.24) is 15.0 Å². The molecule has 3 aromatic rings. The molecule has 0 saturated heterocycles. The van der Waals surface area contributed by atoms with E-state index in [0.717, 1.165) is 39.5 Å². The predicted molar refractivity (Wildman–Crippen MR) is 89.6 cm³/mol. The molecule has 2 heterocycles. The van der Waals surface area contributed by atoms with Gasteiger partial charge in [-0.3, -0.25) is 0 Å². The third-order valence-corrected chi connectivity index (χ3v) is 5.03. The second-order valence-corrected chi connectivity index (χ2v) is 6.72. The number of pyridine rings is 1. The summed E-state index contributed by atoms with van der Waals surface area (Å²) in [7, 11) is 0. The molecule has 3 nitrogen and oxygen atoms in total. The van der Waals surface area contributed by atoms with E-state index in [4.69, 9.17) is 16.6 Å². The van der Waals surface area contributed by atoms with Gasteiger partial charge < -0.3 is 0 Å². The zero-order valence-corrected chi connectivity index (χ0v) is 13.5. The Morgan fingerprint density at radius 1 is 0.909 bits per heavy atom. The lowest BCUT2D eigenvalue weighted by molar-refractivity contribution is 0.646. The van der Waals surface area contributed by atoms with Gasteiger partial charge in [-0.15, -0.1) is 0 Å². The summed E-state index contributed by atoms with van der Waals surface area (Å²) in [5.41, 5.74) is 3.35. The van der Waals surface area contributed by atoms with Crippen LogP contribution in [0.3, 0.4) is 0 Å². The summed E-state index contributed by atoms with van der Waals surface area (Å²) in [6.45, 7) is 0. The van der Waals surface area contributed by atoms with Crippen molar-refractivity contribution in [2.45, 2.75) is 35.7 Å². The minimum Gasteiger partial charge on any atom is -0.241 e. The monoisotopic (exact) mass is 327 g/mol. The lowest BCUT2D eigenvalue weighted by Crippen LogP contribution is -2.09. The van der Waals surface area contributed by atoms with Gasteiger partial charge in [0.1, 0.15) is 10.1 Å². The van der Waals surface area contributed by atoms with E-state index in [1.807, 2.05) is 24.3 Å². The van der Waals surface area contributed by atoms with Gasteiger partial charge in [-0.25, -0.2) is 15.0 Å². The van der Waals surface area contributed by atoms with Crippen molar-refractivity contribution in [3.63, 3.8) is 0 Å². The number of fused-ring (bicyclic) bond motifs is 2. The molecular formula is C17H14ClN3S. The first kappa shape index (κ1) is 14.0. The Morgan fingerprint density at radius 2 is 1.77 bits per heavy atom. The fourth-order valence-corrected chi connectivity index (χ4v) is 4.01. The highest BCUT2D eigenvalue weighted by Gasteiger charge is 2.18. The van der Waals surface area contributed by atoms with Crippen LogP contribution in [0.2, 0.25) is 5.28 Å². The van der Waals surface area contributed by atoms with E-state index >= 15 is 0 Å². The van der Waals surface area contributed by atoms with Gasteiger partial charge in [0.25, 0.3) is 0 Å².